The van der Waals surface area contributed by atoms with E-state index in [-0.39, 0.29) is 12.2 Å². The number of morpholine rings is 1. The van der Waals surface area contributed by atoms with Gasteiger partial charge in [0, 0.05) is 13.1 Å². The van der Waals surface area contributed by atoms with Crippen molar-refractivity contribution in [1.82, 2.24) is 15.3 Å². The van der Waals surface area contributed by atoms with E-state index in [1.54, 1.807) is 0 Å². The van der Waals surface area contributed by atoms with Gasteiger partial charge in [0.15, 0.2) is 0 Å². The predicted molar refractivity (Wildman–Crippen MR) is 68.8 cm³/mol. The van der Waals surface area contributed by atoms with Crippen molar-refractivity contribution in [3.05, 3.63) is 24.3 Å². The van der Waals surface area contributed by atoms with Crippen molar-refractivity contribution in [2.24, 2.45) is 0 Å². The molecule has 1 saturated heterocycles. The van der Waals surface area contributed by atoms with Crippen LogP contribution in [-0.4, -0.2) is 41.9 Å². The Kier molecular flexibility index (Phi) is 3.17. The molecule has 2 atom stereocenters. The molecule has 2 heterocycles. The minimum absolute atomic E-state index is 0.0852. The fourth-order valence-electron chi connectivity index (χ4n) is 2.14. The van der Waals surface area contributed by atoms with Crippen molar-refractivity contribution in [3.63, 3.8) is 0 Å². The maximum atomic E-state index is 5.75. The van der Waals surface area contributed by atoms with Gasteiger partial charge in [0.1, 0.15) is 12.7 Å². The summed E-state index contributed by atoms with van der Waals surface area (Å²) < 4.78 is 11.4. The maximum Gasteiger partial charge on any atom is 0.294 e. The van der Waals surface area contributed by atoms with Crippen molar-refractivity contribution < 1.29 is 9.47 Å². The van der Waals surface area contributed by atoms with E-state index in [2.05, 4.69) is 22.2 Å². The molecule has 0 bridgehead atoms. The molecule has 18 heavy (non-hydrogen) atoms. The average molecular weight is 247 g/mol. The molecule has 2 aromatic rings. The highest BCUT2D eigenvalue weighted by Gasteiger charge is 2.19. The summed E-state index contributed by atoms with van der Waals surface area (Å²) in [4.78, 5) is 7.50. The molecular weight excluding hydrogens is 230 g/mol. The van der Waals surface area contributed by atoms with Crippen LogP contribution in [0.5, 0.6) is 6.01 Å². The van der Waals surface area contributed by atoms with Crippen LogP contribution in [0.3, 0.4) is 0 Å². The summed E-state index contributed by atoms with van der Waals surface area (Å²) in [5.41, 5.74) is 1.91. The van der Waals surface area contributed by atoms with E-state index in [0.717, 1.165) is 24.1 Å². The quantitative estimate of drug-likeness (QED) is 0.858. The molecule has 5 heteroatoms. The van der Waals surface area contributed by atoms with Gasteiger partial charge in [-0.25, -0.2) is 0 Å². The zero-order valence-corrected chi connectivity index (χ0v) is 10.3. The summed E-state index contributed by atoms with van der Waals surface area (Å²) in [5, 5.41) is 3.31. The Balaban J connectivity index is 1.62. The first kappa shape index (κ1) is 11.5. The molecule has 96 valence electrons. The zero-order chi connectivity index (χ0) is 12.4. The number of aromatic nitrogens is 2. The SMILES string of the molecule is CC1CNCC(COc2nc3ccccc3[nH]2)O1. The Labute approximate surface area is 106 Å². The second kappa shape index (κ2) is 4.96. The number of imidazole rings is 1. The van der Waals surface area contributed by atoms with Crippen LogP contribution < -0.4 is 10.1 Å². The highest BCUT2D eigenvalue weighted by Crippen LogP contribution is 2.15. The molecule has 1 aromatic carbocycles. The van der Waals surface area contributed by atoms with Gasteiger partial charge in [0.05, 0.1) is 17.1 Å². The minimum Gasteiger partial charge on any atom is -0.462 e. The Bertz CT molecular complexity index is 493. The van der Waals surface area contributed by atoms with Gasteiger partial charge in [-0.2, -0.15) is 4.98 Å². The monoisotopic (exact) mass is 247 g/mol. The standard InChI is InChI=1S/C13H17N3O2/c1-9-6-14-7-10(18-9)8-17-13-15-11-4-2-3-5-12(11)16-13/h2-5,9-10,14H,6-8H2,1H3,(H,15,16). The van der Waals surface area contributed by atoms with E-state index in [1.807, 2.05) is 24.3 Å². The largest absolute Gasteiger partial charge is 0.462 e. The lowest BCUT2D eigenvalue weighted by Crippen LogP contribution is -2.45. The number of H-pyrrole nitrogens is 1. The summed E-state index contributed by atoms with van der Waals surface area (Å²) in [6.07, 6.45) is 0.324. The minimum atomic E-state index is 0.0852. The number of para-hydroxylation sites is 2. The van der Waals surface area contributed by atoms with E-state index >= 15 is 0 Å². The molecule has 1 aliphatic rings. The second-order valence-electron chi connectivity index (χ2n) is 4.60. The number of hydrogen-bond acceptors (Lipinski definition) is 4. The van der Waals surface area contributed by atoms with Gasteiger partial charge in [-0.3, -0.25) is 0 Å². The van der Waals surface area contributed by atoms with E-state index in [9.17, 15) is 0 Å². The molecular formula is C13H17N3O2. The first-order valence-electron chi connectivity index (χ1n) is 6.25. The van der Waals surface area contributed by atoms with Crippen LogP contribution in [0.2, 0.25) is 0 Å². The van der Waals surface area contributed by atoms with Crippen LogP contribution in [0.25, 0.3) is 11.0 Å². The lowest BCUT2D eigenvalue weighted by molar-refractivity contribution is -0.0481. The summed E-state index contributed by atoms with van der Waals surface area (Å²) in [5.74, 6) is 0. The number of nitrogens with one attached hydrogen (secondary N) is 2. The van der Waals surface area contributed by atoms with Crippen molar-refractivity contribution >= 4 is 11.0 Å². The van der Waals surface area contributed by atoms with Crippen LogP contribution in [0.4, 0.5) is 0 Å². The number of nitrogens with zero attached hydrogens (tertiary/aromatic N) is 1. The van der Waals surface area contributed by atoms with Gasteiger partial charge in [0.2, 0.25) is 0 Å². The number of hydrogen-bond donors (Lipinski definition) is 2. The van der Waals surface area contributed by atoms with E-state index in [1.165, 1.54) is 0 Å². The molecule has 0 saturated carbocycles. The molecule has 3 rings (SSSR count). The Morgan fingerprint density at radius 2 is 2.28 bits per heavy atom. The Morgan fingerprint density at radius 3 is 3.11 bits per heavy atom. The highest BCUT2D eigenvalue weighted by molar-refractivity contribution is 5.75. The normalized spacial score (nSPS) is 24.3. The van der Waals surface area contributed by atoms with Crippen LogP contribution in [0.15, 0.2) is 24.3 Å². The molecule has 1 aliphatic heterocycles. The van der Waals surface area contributed by atoms with Crippen LogP contribution >= 0.6 is 0 Å². The van der Waals surface area contributed by atoms with Crippen LogP contribution in [0, 0.1) is 0 Å². The van der Waals surface area contributed by atoms with Crippen LogP contribution in [-0.2, 0) is 4.74 Å². The Morgan fingerprint density at radius 1 is 1.39 bits per heavy atom. The third-order valence-corrected chi connectivity index (χ3v) is 3.00. The number of rotatable bonds is 3. The summed E-state index contributed by atoms with van der Waals surface area (Å²) in [7, 11) is 0. The first-order valence-corrected chi connectivity index (χ1v) is 6.25. The van der Waals surface area contributed by atoms with Gasteiger partial charge in [0.25, 0.3) is 6.01 Å². The van der Waals surface area contributed by atoms with E-state index in [0.29, 0.717) is 12.6 Å². The molecule has 0 radical (unpaired) electrons. The van der Waals surface area contributed by atoms with Crippen molar-refractivity contribution in [3.8, 4) is 6.01 Å². The molecule has 1 fully saturated rings. The van der Waals surface area contributed by atoms with Crippen molar-refractivity contribution in [2.75, 3.05) is 19.7 Å². The number of ether oxygens (including phenoxy) is 2. The van der Waals surface area contributed by atoms with Crippen molar-refractivity contribution in [2.45, 2.75) is 19.1 Å². The fourth-order valence-corrected chi connectivity index (χ4v) is 2.14. The van der Waals surface area contributed by atoms with Gasteiger partial charge >= 0.3 is 0 Å². The predicted octanol–water partition coefficient (Wildman–Crippen LogP) is 1.32. The first-order chi connectivity index (χ1) is 8.81. The molecule has 5 nitrogen and oxygen atoms in total. The Hall–Kier alpha value is -1.59. The fraction of sp³-hybridized carbons (Fsp3) is 0.462. The lowest BCUT2D eigenvalue weighted by atomic mass is 10.2. The average Bonchev–Trinajstić information content (AvgIpc) is 2.79. The van der Waals surface area contributed by atoms with Gasteiger partial charge in [-0.1, -0.05) is 12.1 Å². The third kappa shape index (κ3) is 2.47. The molecule has 1 aromatic heterocycles. The molecule has 0 spiro atoms. The molecule has 2 unspecified atom stereocenters. The summed E-state index contributed by atoms with van der Waals surface area (Å²) in [6, 6.07) is 8.43. The summed E-state index contributed by atoms with van der Waals surface area (Å²) in [6.45, 7) is 4.29. The second-order valence-corrected chi connectivity index (χ2v) is 4.60. The number of aromatic amines is 1. The third-order valence-electron chi connectivity index (χ3n) is 3.00. The van der Waals surface area contributed by atoms with Gasteiger partial charge < -0.3 is 19.8 Å². The zero-order valence-electron chi connectivity index (χ0n) is 10.3. The number of fused-ring (bicyclic) bond motifs is 1. The molecule has 2 N–H and O–H groups in total. The summed E-state index contributed by atoms with van der Waals surface area (Å²) >= 11 is 0. The van der Waals surface area contributed by atoms with E-state index in [4.69, 9.17) is 9.47 Å². The highest BCUT2D eigenvalue weighted by atomic mass is 16.5. The van der Waals surface area contributed by atoms with Crippen molar-refractivity contribution in [1.29, 1.82) is 0 Å². The topological polar surface area (TPSA) is 59.2 Å². The van der Waals surface area contributed by atoms with Gasteiger partial charge in [-0.05, 0) is 19.1 Å². The molecule has 0 amide bonds. The smallest absolute Gasteiger partial charge is 0.294 e. The maximum absolute atomic E-state index is 5.75. The van der Waals surface area contributed by atoms with E-state index < -0.39 is 0 Å². The molecule has 0 aliphatic carbocycles. The van der Waals surface area contributed by atoms with Crippen LogP contribution in [0.1, 0.15) is 6.92 Å². The number of benzene rings is 1. The lowest BCUT2D eigenvalue weighted by Gasteiger charge is -2.28. The van der Waals surface area contributed by atoms with Gasteiger partial charge in [-0.15, -0.1) is 0 Å².